The van der Waals surface area contributed by atoms with Gasteiger partial charge in [-0.3, -0.25) is 0 Å². The fraction of sp³-hybridized carbons (Fsp3) is 0.600. The third kappa shape index (κ3) is 4.86. The largest absolute Gasteiger partial charge is 0.378 e. The van der Waals surface area contributed by atoms with Crippen molar-refractivity contribution in [2.24, 2.45) is 0 Å². The summed E-state index contributed by atoms with van der Waals surface area (Å²) in [6, 6.07) is 5.45. The van der Waals surface area contributed by atoms with Gasteiger partial charge in [-0.25, -0.2) is 4.39 Å². The molecule has 0 bridgehead atoms. The van der Waals surface area contributed by atoms with Crippen molar-refractivity contribution >= 4 is 15.9 Å². The van der Waals surface area contributed by atoms with Gasteiger partial charge in [0.25, 0.3) is 0 Å². The molecule has 1 N–H and O–H groups in total. The molecule has 2 unspecified atom stereocenters. The van der Waals surface area contributed by atoms with Gasteiger partial charge in [0, 0.05) is 17.1 Å². The lowest BCUT2D eigenvalue weighted by molar-refractivity contribution is 0.0947. The fourth-order valence-corrected chi connectivity index (χ4v) is 3.20. The zero-order chi connectivity index (χ0) is 13.7. The zero-order valence-corrected chi connectivity index (χ0v) is 12.9. The minimum Gasteiger partial charge on any atom is -0.378 e. The molecule has 1 aromatic rings. The van der Waals surface area contributed by atoms with Crippen molar-refractivity contribution in [3.63, 3.8) is 0 Å². The average molecular weight is 330 g/mol. The Labute approximate surface area is 122 Å². The number of rotatable bonds is 6. The average Bonchev–Trinajstić information content (AvgIpc) is 2.80. The van der Waals surface area contributed by atoms with E-state index in [0.29, 0.717) is 12.1 Å². The highest BCUT2D eigenvalue weighted by molar-refractivity contribution is 9.10. The van der Waals surface area contributed by atoms with Crippen LogP contribution in [0.3, 0.4) is 0 Å². The second-order valence-electron chi connectivity index (χ2n) is 5.11. The number of halogens is 2. The number of benzene rings is 1. The monoisotopic (exact) mass is 329 g/mol. The molecule has 1 saturated heterocycles. The standard InChI is InChI=1S/C15H21BrFNO/c1-2-18-14(10-15-4-3-5-19-15)8-11-6-12(16)9-13(17)7-11/h6-7,9,14-15,18H,2-5,8,10H2,1H3. The van der Waals surface area contributed by atoms with E-state index in [1.807, 2.05) is 6.07 Å². The van der Waals surface area contributed by atoms with Gasteiger partial charge in [-0.05, 0) is 56.0 Å². The Morgan fingerprint density at radius 2 is 2.32 bits per heavy atom. The summed E-state index contributed by atoms with van der Waals surface area (Å²) in [6.07, 6.45) is 4.51. The second-order valence-corrected chi connectivity index (χ2v) is 6.02. The van der Waals surface area contributed by atoms with Gasteiger partial charge in [-0.1, -0.05) is 22.9 Å². The summed E-state index contributed by atoms with van der Waals surface area (Å²) < 4.78 is 19.9. The van der Waals surface area contributed by atoms with Crippen LogP contribution in [0.5, 0.6) is 0 Å². The molecule has 0 spiro atoms. The van der Waals surface area contributed by atoms with Crippen molar-refractivity contribution in [1.82, 2.24) is 5.32 Å². The first kappa shape index (κ1) is 14.9. The molecular formula is C15H21BrFNO. The summed E-state index contributed by atoms with van der Waals surface area (Å²) in [4.78, 5) is 0. The lowest BCUT2D eigenvalue weighted by Gasteiger charge is -2.21. The van der Waals surface area contributed by atoms with Gasteiger partial charge in [0.2, 0.25) is 0 Å². The highest BCUT2D eigenvalue weighted by Gasteiger charge is 2.20. The van der Waals surface area contributed by atoms with Gasteiger partial charge in [0.05, 0.1) is 6.10 Å². The van der Waals surface area contributed by atoms with E-state index >= 15 is 0 Å². The third-order valence-electron chi connectivity index (χ3n) is 3.47. The van der Waals surface area contributed by atoms with Crippen LogP contribution < -0.4 is 5.32 Å². The first-order valence-corrected chi connectivity index (χ1v) is 7.76. The summed E-state index contributed by atoms with van der Waals surface area (Å²) in [7, 11) is 0. The maximum absolute atomic E-state index is 13.4. The van der Waals surface area contributed by atoms with Crippen molar-refractivity contribution < 1.29 is 9.13 Å². The Kier molecular flexibility index (Phi) is 5.79. The molecule has 0 aromatic heterocycles. The molecule has 19 heavy (non-hydrogen) atoms. The first-order valence-electron chi connectivity index (χ1n) is 6.97. The van der Waals surface area contributed by atoms with Gasteiger partial charge < -0.3 is 10.1 Å². The van der Waals surface area contributed by atoms with Crippen LogP contribution in [0.25, 0.3) is 0 Å². The number of hydrogen-bond acceptors (Lipinski definition) is 2. The van der Waals surface area contributed by atoms with Crippen LogP contribution in [0.15, 0.2) is 22.7 Å². The summed E-state index contributed by atoms with van der Waals surface area (Å²) in [5.74, 6) is -0.184. The summed E-state index contributed by atoms with van der Waals surface area (Å²) >= 11 is 3.34. The predicted octanol–water partition coefficient (Wildman–Crippen LogP) is 3.68. The number of ether oxygens (including phenoxy) is 1. The quantitative estimate of drug-likeness (QED) is 0.859. The fourth-order valence-electron chi connectivity index (χ4n) is 2.69. The van der Waals surface area contributed by atoms with Crippen LogP contribution >= 0.6 is 15.9 Å². The molecule has 0 saturated carbocycles. The van der Waals surface area contributed by atoms with E-state index in [1.165, 1.54) is 6.07 Å². The van der Waals surface area contributed by atoms with Crippen LogP contribution in [-0.2, 0) is 11.2 Å². The molecule has 0 amide bonds. The minimum atomic E-state index is -0.184. The number of likely N-dealkylation sites (N-methyl/N-ethyl adjacent to an activating group) is 1. The Morgan fingerprint density at radius 1 is 1.47 bits per heavy atom. The number of hydrogen-bond donors (Lipinski definition) is 1. The van der Waals surface area contributed by atoms with Gasteiger partial charge in [-0.15, -0.1) is 0 Å². The maximum atomic E-state index is 13.4. The van der Waals surface area contributed by atoms with E-state index in [9.17, 15) is 4.39 Å². The van der Waals surface area contributed by atoms with E-state index in [2.05, 4.69) is 28.2 Å². The lowest BCUT2D eigenvalue weighted by atomic mass is 9.99. The molecule has 1 fully saturated rings. The molecular weight excluding hydrogens is 309 g/mol. The van der Waals surface area contributed by atoms with Crippen molar-refractivity contribution in [2.45, 2.75) is 44.8 Å². The van der Waals surface area contributed by atoms with E-state index < -0.39 is 0 Å². The minimum absolute atomic E-state index is 0.184. The van der Waals surface area contributed by atoms with Crippen molar-refractivity contribution in [2.75, 3.05) is 13.2 Å². The summed E-state index contributed by atoms with van der Waals surface area (Å²) in [6.45, 7) is 3.91. The SMILES string of the molecule is CCNC(Cc1cc(F)cc(Br)c1)CC1CCCO1. The highest BCUT2D eigenvalue weighted by atomic mass is 79.9. The Morgan fingerprint density at radius 3 is 2.95 bits per heavy atom. The van der Waals surface area contributed by atoms with Gasteiger partial charge in [0.15, 0.2) is 0 Å². The second kappa shape index (κ2) is 7.36. The van der Waals surface area contributed by atoms with Crippen LogP contribution in [0.2, 0.25) is 0 Å². The normalized spacial score (nSPS) is 20.7. The Bertz CT molecular complexity index is 387. The molecule has 0 radical (unpaired) electrons. The van der Waals surface area contributed by atoms with Gasteiger partial charge in [-0.2, -0.15) is 0 Å². The Hall–Kier alpha value is -0.450. The Balaban J connectivity index is 1.98. The van der Waals surface area contributed by atoms with Crippen molar-refractivity contribution in [3.05, 3.63) is 34.1 Å². The molecule has 1 aromatic carbocycles. The molecule has 1 aliphatic rings. The van der Waals surface area contributed by atoms with Crippen molar-refractivity contribution in [3.8, 4) is 0 Å². The molecule has 106 valence electrons. The van der Waals surface area contributed by atoms with Crippen LogP contribution in [-0.4, -0.2) is 25.3 Å². The third-order valence-corrected chi connectivity index (χ3v) is 3.93. The van der Waals surface area contributed by atoms with E-state index in [-0.39, 0.29) is 5.82 Å². The summed E-state index contributed by atoms with van der Waals surface area (Å²) in [5, 5.41) is 3.48. The predicted molar refractivity (Wildman–Crippen MR) is 78.9 cm³/mol. The smallest absolute Gasteiger partial charge is 0.124 e. The molecule has 2 nitrogen and oxygen atoms in total. The van der Waals surface area contributed by atoms with E-state index in [1.54, 1.807) is 6.07 Å². The van der Waals surface area contributed by atoms with Gasteiger partial charge in [0.1, 0.15) is 5.82 Å². The lowest BCUT2D eigenvalue weighted by Crippen LogP contribution is -2.34. The summed E-state index contributed by atoms with van der Waals surface area (Å²) in [5.41, 5.74) is 1.02. The van der Waals surface area contributed by atoms with Crippen molar-refractivity contribution in [1.29, 1.82) is 0 Å². The molecule has 4 heteroatoms. The van der Waals surface area contributed by atoms with Crippen LogP contribution in [0.4, 0.5) is 4.39 Å². The van der Waals surface area contributed by atoms with Crippen LogP contribution in [0, 0.1) is 5.82 Å². The molecule has 2 atom stereocenters. The zero-order valence-electron chi connectivity index (χ0n) is 11.3. The molecule has 0 aliphatic carbocycles. The van der Waals surface area contributed by atoms with Gasteiger partial charge >= 0.3 is 0 Å². The maximum Gasteiger partial charge on any atom is 0.124 e. The van der Waals surface area contributed by atoms with Crippen LogP contribution in [0.1, 0.15) is 31.7 Å². The topological polar surface area (TPSA) is 21.3 Å². The molecule has 1 heterocycles. The van der Waals surface area contributed by atoms with E-state index in [0.717, 1.165) is 48.9 Å². The number of nitrogens with one attached hydrogen (secondary N) is 1. The van der Waals surface area contributed by atoms with E-state index in [4.69, 9.17) is 4.74 Å². The first-order chi connectivity index (χ1) is 9.17. The molecule has 2 rings (SSSR count). The highest BCUT2D eigenvalue weighted by Crippen LogP contribution is 2.21. The molecule has 1 aliphatic heterocycles.